The van der Waals surface area contributed by atoms with Crippen molar-refractivity contribution in [1.29, 1.82) is 0 Å². The fourth-order valence-corrected chi connectivity index (χ4v) is 2.40. The molecule has 1 aliphatic rings. The third-order valence-corrected chi connectivity index (χ3v) is 3.90. The van der Waals surface area contributed by atoms with Crippen molar-refractivity contribution >= 4 is 6.03 Å². The van der Waals surface area contributed by atoms with Crippen LogP contribution >= 0.6 is 0 Å². The van der Waals surface area contributed by atoms with Crippen molar-refractivity contribution in [1.82, 2.24) is 19.8 Å². The van der Waals surface area contributed by atoms with E-state index >= 15 is 0 Å². The number of hydrogen-bond donors (Lipinski definition) is 2. The van der Waals surface area contributed by atoms with Gasteiger partial charge in [0.1, 0.15) is 5.60 Å². The molecule has 134 valence electrons. The number of amides is 2. The molecule has 1 aromatic rings. The van der Waals surface area contributed by atoms with Crippen LogP contribution in [0.25, 0.3) is 0 Å². The van der Waals surface area contributed by atoms with Crippen LogP contribution in [0.3, 0.4) is 0 Å². The molecule has 0 aromatic carbocycles. The quantitative estimate of drug-likeness (QED) is 0.809. The molecule has 2 rings (SSSR count). The molecular formula is C14H20F2N4O4. The number of ether oxygens (including phenoxy) is 1. The van der Waals surface area contributed by atoms with Gasteiger partial charge in [0.15, 0.2) is 0 Å². The van der Waals surface area contributed by atoms with Gasteiger partial charge in [-0.3, -0.25) is 9.78 Å². The second-order valence-electron chi connectivity index (χ2n) is 5.74. The Bertz CT molecular complexity index is 717. The highest BCUT2D eigenvalue weighted by molar-refractivity contribution is 5.74. The summed E-state index contributed by atoms with van der Waals surface area (Å²) in [6, 6.07) is -0.571. The lowest BCUT2D eigenvalue weighted by atomic mass is 10.1. The largest absolute Gasteiger partial charge is 0.366 e. The number of hydrogen-bond acceptors (Lipinski definition) is 4. The molecule has 1 atom stereocenters. The van der Waals surface area contributed by atoms with Crippen LogP contribution in [0.2, 0.25) is 0 Å². The highest BCUT2D eigenvalue weighted by Crippen LogP contribution is 2.24. The Morgan fingerprint density at radius 1 is 1.50 bits per heavy atom. The Labute approximate surface area is 136 Å². The summed E-state index contributed by atoms with van der Waals surface area (Å²) in [4.78, 5) is 38.7. The second kappa shape index (κ2) is 7.12. The maximum atomic E-state index is 13.0. The number of aryl methyl sites for hydroxylation is 1. The van der Waals surface area contributed by atoms with Crippen LogP contribution in [-0.4, -0.2) is 52.2 Å². The van der Waals surface area contributed by atoms with E-state index in [9.17, 15) is 23.2 Å². The Morgan fingerprint density at radius 3 is 2.83 bits per heavy atom. The number of H-pyrrole nitrogens is 1. The maximum Gasteiger partial charge on any atom is 0.328 e. The van der Waals surface area contributed by atoms with Gasteiger partial charge in [-0.15, -0.1) is 0 Å². The van der Waals surface area contributed by atoms with Gasteiger partial charge in [0.2, 0.25) is 0 Å². The number of aromatic amines is 1. The van der Waals surface area contributed by atoms with E-state index in [-0.39, 0.29) is 31.8 Å². The van der Waals surface area contributed by atoms with Crippen LogP contribution in [0.4, 0.5) is 13.6 Å². The van der Waals surface area contributed by atoms with E-state index < -0.39 is 29.3 Å². The van der Waals surface area contributed by atoms with Crippen molar-refractivity contribution in [3.8, 4) is 0 Å². The molecule has 1 saturated heterocycles. The second-order valence-corrected chi connectivity index (χ2v) is 5.74. The number of halogens is 2. The molecule has 0 radical (unpaired) electrons. The molecule has 1 unspecified atom stereocenters. The van der Waals surface area contributed by atoms with E-state index in [0.29, 0.717) is 6.54 Å². The summed E-state index contributed by atoms with van der Waals surface area (Å²) < 4.78 is 32.4. The highest BCUT2D eigenvalue weighted by atomic mass is 19.3. The molecule has 2 N–H and O–H groups in total. The zero-order valence-electron chi connectivity index (χ0n) is 13.5. The average Bonchev–Trinajstić information content (AvgIpc) is 2.53. The lowest BCUT2D eigenvalue weighted by molar-refractivity contribution is -0.161. The van der Waals surface area contributed by atoms with Crippen LogP contribution in [0.15, 0.2) is 15.8 Å². The van der Waals surface area contributed by atoms with Gasteiger partial charge in [0, 0.05) is 19.3 Å². The van der Waals surface area contributed by atoms with Gasteiger partial charge in [-0.25, -0.2) is 18.4 Å². The predicted octanol–water partition coefficient (Wildman–Crippen LogP) is 0.122. The fraction of sp³-hybridized carbons (Fsp3) is 0.643. The zero-order valence-corrected chi connectivity index (χ0v) is 13.5. The summed E-state index contributed by atoms with van der Waals surface area (Å²) in [6.45, 7) is 3.18. The van der Waals surface area contributed by atoms with Crippen molar-refractivity contribution in [3.05, 3.63) is 32.6 Å². The normalized spacial score (nSPS) is 21.1. The smallest absolute Gasteiger partial charge is 0.328 e. The van der Waals surface area contributed by atoms with Crippen molar-refractivity contribution in [2.45, 2.75) is 39.0 Å². The molecule has 0 spiro atoms. The van der Waals surface area contributed by atoms with E-state index in [4.69, 9.17) is 4.74 Å². The topological polar surface area (TPSA) is 96.4 Å². The third-order valence-electron chi connectivity index (χ3n) is 3.90. The number of nitrogens with zero attached hydrogens (tertiary/aromatic N) is 2. The summed E-state index contributed by atoms with van der Waals surface area (Å²) in [7, 11) is 0. The Balaban J connectivity index is 2.03. The summed E-state index contributed by atoms with van der Waals surface area (Å²) in [5.41, 5.74) is -2.62. The lowest BCUT2D eigenvalue weighted by Gasteiger charge is -2.39. The minimum absolute atomic E-state index is 0.00948. The number of rotatable bonds is 4. The van der Waals surface area contributed by atoms with E-state index in [2.05, 4.69) is 10.3 Å². The monoisotopic (exact) mass is 346 g/mol. The van der Waals surface area contributed by atoms with Gasteiger partial charge >= 0.3 is 11.7 Å². The minimum atomic E-state index is -2.72. The molecule has 1 fully saturated rings. The molecular weight excluding hydrogens is 326 g/mol. The van der Waals surface area contributed by atoms with Crippen molar-refractivity contribution in [3.63, 3.8) is 0 Å². The first kappa shape index (κ1) is 18.1. The predicted molar refractivity (Wildman–Crippen MR) is 81.2 cm³/mol. The van der Waals surface area contributed by atoms with Crippen LogP contribution in [-0.2, 0) is 17.8 Å². The Hall–Kier alpha value is -2.23. The van der Waals surface area contributed by atoms with E-state index in [1.165, 1.54) is 22.6 Å². The van der Waals surface area contributed by atoms with Crippen LogP contribution < -0.4 is 16.6 Å². The van der Waals surface area contributed by atoms with Gasteiger partial charge < -0.3 is 19.5 Å². The average molecular weight is 346 g/mol. The summed E-state index contributed by atoms with van der Waals surface area (Å²) in [5, 5.41) is 2.51. The molecule has 2 heterocycles. The zero-order chi connectivity index (χ0) is 17.9. The molecule has 0 saturated carbocycles. The molecule has 24 heavy (non-hydrogen) atoms. The lowest BCUT2D eigenvalue weighted by Crippen LogP contribution is -2.57. The fourth-order valence-electron chi connectivity index (χ4n) is 2.40. The SMILES string of the molecule is CCn1cc(CNC(=O)N2CCOC(C)(C(F)F)C2)c(=O)[nH]c1=O. The third kappa shape index (κ3) is 3.81. The molecule has 8 nitrogen and oxygen atoms in total. The Kier molecular flexibility index (Phi) is 5.37. The van der Waals surface area contributed by atoms with Gasteiger partial charge in [0.05, 0.1) is 25.3 Å². The molecule has 1 aromatic heterocycles. The van der Waals surface area contributed by atoms with E-state index in [0.717, 1.165) is 0 Å². The molecule has 1 aliphatic heterocycles. The number of carbonyl (C=O) groups is 1. The molecule has 2 amide bonds. The number of nitrogens with one attached hydrogen (secondary N) is 2. The maximum absolute atomic E-state index is 13.0. The first-order chi connectivity index (χ1) is 11.3. The minimum Gasteiger partial charge on any atom is -0.366 e. The Morgan fingerprint density at radius 2 is 2.21 bits per heavy atom. The van der Waals surface area contributed by atoms with Crippen molar-refractivity contribution in [2.24, 2.45) is 0 Å². The number of aromatic nitrogens is 2. The first-order valence-electron chi connectivity index (χ1n) is 7.54. The number of morpholine rings is 1. The van der Waals surface area contributed by atoms with Crippen LogP contribution in [0.1, 0.15) is 19.4 Å². The number of carbonyl (C=O) groups excluding carboxylic acids is 1. The first-order valence-corrected chi connectivity index (χ1v) is 7.54. The van der Waals surface area contributed by atoms with Gasteiger partial charge in [0.25, 0.3) is 12.0 Å². The van der Waals surface area contributed by atoms with E-state index in [1.807, 2.05) is 0 Å². The van der Waals surface area contributed by atoms with Crippen LogP contribution in [0, 0.1) is 0 Å². The van der Waals surface area contributed by atoms with Crippen LogP contribution in [0.5, 0.6) is 0 Å². The molecule has 10 heteroatoms. The van der Waals surface area contributed by atoms with Gasteiger partial charge in [-0.05, 0) is 13.8 Å². The van der Waals surface area contributed by atoms with Crippen molar-refractivity contribution in [2.75, 3.05) is 19.7 Å². The van der Waals surface area contributed by atoms with Crippen molar-refractivity contribution < 1.29 is 18.3 Å². The number of urea groups is 1. The summed E-state index contributed by atoms with van der Waals surface area (Å²) in [6.07, 6.45) is -1.35. The van der Waals surface area contributed by atoms with Gasteiger partial charge in [-0.1, -0.05) is 0 Å². The standard InChI is InChI=1S/C14H20F2N4O4/c1-3-19-7-9(10(21)18-13(19)23)6-17-12(22)20-4-5-24-14(2,8-20)11(15)16/h7,11H,3-6,8H2,1-2H3,(H,17,22)(H,18,21,23). The molecule has 0 bridgehead atoms. The number of alkyl halides is 2. The highest BCUT2D eigenvalue weighted by Gasteiger charge is 2.42. The summed E-state index contributed by atoms with van der Waals surface area (Å²) in [5.74, 6) is 0. The summed E-state index contributed by atoms with van der Waals surface area (Å²) >= 11 is 0. The molecule has 0 aliphatic carbocycles. The van der Waals surface area contributed by atoms with Gasteiger partial charge in [-0.2, -0.15) is 0 Å². The van der Waals surface area contributed by atoms with E-state index in [1.54, 1.807) is 6.92 Å².